The summed E-state index contributed by atoms with van der Waals surface area (Å²) in [5.74, 6) is -0.0582. The molecular formula is C29H21N7O2S2. The summed E-state index contributed by atoms with van der Waals surface area (Å²) >= 11 is 6.81. The first-order valence-corrected chi connectivity index (χ1v) is 13.2. The van der Waals surface area contributed by atoms with Gasteiger partial charge in [-0.1, -0.05) is 65.9 Å². The predicted octanol–water partition coefficient (Wildman–Crippen LogP) is 6.48. The summed E-state index contributed by atoms with van der Waals surface area (Å²) in [6, 6.07) is 29.9. The number of carbonyl (C=O) groups is 1. The van der Waals surface area contributed by atoms with Gasteiger partial charge >= 0.3 is 5.97 Å². The van der Waals surface area contributed by atoms with Crippen molar-refractivity contribution >= 4 is 57.0 Å². The Kier molecular flexibility index (Phi) is 8.01. The number of aromatic nitrogens is 3. The van der Waals surface area contributed by atoms with Crippen molar-refractivity contribution in [2.75, 3.05) is 23.1 Å². The van der Waals surface area contributed by atoms with Crippen LogP contribution in [0.2, 0.25) is 0 Å². The molecule has 9 nitrogen and oxygen atoms in total. The van der Waals surface area contributed by atoms with Crippen molar-refractivity contribution in [3.8, 4) is 27.8 Å². The molecule has 5 rings (SSSR count). The van der Waals surface area contributed by atoms with Crippen molar-refractivity contribution in [2.45, 2.75) is 0 Å². The minimum absolute atomic E-state index is 0.180. The number of nitriles is 1. The largest absolute Gasteiger partial charge is 0.464 e. The Bertz CT molecular complexity index is 1700. The Morgan fingerprint density at radius 1 is 0.875 bits per heavy atom. The van der Waals surface area contributed by atoms with E-state index in [-0.39, 0.29) is 5.69 Å². The number of esters is 1. The smallest absolute Gasteiger partial charge is 0.358 e. The molecule has 0 spiro atoms. The monoisotopic (exact) mass is 563 g/mol. The second-order valence-electron chi connectivity index (χ2n) is 8.30. The van der Waals surface area contributed by atoms with Crippen molar-refractivity contribution in [3.63, 3.8) is 0 Å². The number of thiazole rings is 1. The van der Waals surface area contributed by atoms with Gasteiger partial charge in [-0.25, -0.2) is 9.78 Å². The number of hydrogen-bond donors (Lipinski definition) is 3. The van der Waals surface area contributed by atoms with E-state index in [9.17, 15) is 4.79 Å². The summed E-state index contributed by atoms with van der Waals surface area (Å²) in [6.45, 7) is 0. The molecule has 2 heterocycles. The molecular weight excluding hydrogens is 543 g/mol. The lowest BCUT2D eigenvalue weighted by Crippen LogP contribution is -2.20. The topological polar surface area (TPSA) is 125 Å². The molecule has 196 valence electrons. The van der Waals surface area contributed by atoms with Crippen LogP contribution in [0.5, 0.6) is 0 Å². The highest BCUT2D eigenvalue weighted by atomic mass is 32.1. The summed E-state index contributed by atoms with van der Waals surface area (Å²) in [5.41, 5.74) is 4.56. The molecule has 2 aromatic heterocycles. The summed E-state index contributed by atoms with van der Waals surface area (Å²) in [7, 11) is 1.31. The van der Waals surface area contributed by atoms with Gasteiger partial charge in [0.2, 0.25) is 0 Å². The first kappa shape index (κ1) is 26.4. The minimum atomic E-state index is -0.556. The van der Waals surface area contributed by atoms with Crippen LogP contribution in [0.4, 0.5) is 22.3 Å². The van der Waals surface area contributed by atoms with Gasteiger partial charge in [0.05, 0.1) is 40.7 Å². The SMILES string of the molecule is COC(=O)c1nc(Nc2ccccc2NC(=S)Nc2ccc(-c3ccccc3)nn2)sc1-c1ccc(C#N)cc1. The van der Waals surface area contributed by atoms with Crippen LogP contribution in [0, 0.1) is 11.3 Å². The Morgan fingerprint density at radius 2 is 1.60 bits per heavy atom. The van der Waals surface area contributed by atoms with Gasteiger partial charge in [-0.3, -0.25) is 0 Å². The Hall–Kier alpha value is -5.18. The number of para-hydroxylation sites is 2. The highest BCUT2D eigenvalue weighted by Crippen LogP contribution is 2.36. The molecule has 5 aromatic rings. The summed E-state index contributed by atoms with van der Waals surface area (Å²) in [5, 5.41) is 27.9. The molecule has 40 heavy (non-hydrogen) atoms. The van der Waals surface area contributed by atoms with E-state index in [0.717, 1.165) is 16.8 Å². The number of benzene rings is 3. The van der Waals surface area contributed by atoms with E-state index in [1.165, 1.54) is 18.4 Å². The number of nitrogens with one attached hydrogen (secondary N) is 3. The van der Waals surface area contributed by atoms with Gasteiger partial charge in [-0.05, 0) is 54.2 Å². The lowest BCUT2D eigenvalue weighted by Gasteiger charge is -2.14. The Labute approximate surface area is 239 Å². The fourth-order valence-corrected chi connectivity index (χ4v) is 4.93. The third kappa shape index (κ3) is 6.10. The number of ether oxygens (including phenoxy) is 1. The van der Waals surface area contributed by atoms with Crippen LogP contribution < -0.4 is 16.0 Å². The zero-order chi connectivity index (χ0) is 27.9. The van der Waals surface area contributed by atoms with Crippen LogP contribution in [0.3, 0.4) is 0 Å². The lowest BCUT2D eigenvalue weighted by atomic mass is 10.1. The summed E-state index contributed by atoms with van der Waals surface area (Å²) < 4.78 is 4.95. The average molecular weight is 564 g/mol. The second kappa shape index (κ2) is 12.1. The Balaban J connectivity index is 1.32. The molecule has 0 saturated carbocycles. The van der Waals surface area contributed by atoms with Crippen LogP contribution in [-0.4, -0.2) is 33.4 Å². The van der Waals surface area contributed by atoms with Gasteiger partial charge in [0.15, 0.2) is 21.8 Å². The van der Waals surface area contributed by atoms with Gasteiger partial charge < -0.3 is 20.7 Å². The van der Waals surface area contributed by atoms with Gasteiger partial charge in [-0.15, -0.1) is 10.2 Å². The van der Waals surface area contributed by atoms with Gasteiger partial charge in [0.1, 0.15) is 0 Å². The maximum atomic E-state index is 12.5. The van der Waals surface area contributed by atoms with Gasteiger partial charge in [0.25, 0.3) is 0 Å². The van der Waals surface area contributed by atoms with Gasteiger partial charge in [-0.2, -0.15) is 5.26 Å². The Morgan fingerprint density at radius 3 is 2.27 bits per heavy atom. The summed E-state index contributed by atoms with van der Waals surface area (Å²) in [4.78, 5) is 17.6. The van der Waals surface area contributed by atoms with Crippen LogP contribution in [0.15, 0.2) is 91.0 Å². The second-order valence-corrected chi connectivity index (χ2v) is 9.70. The van der Waals surface area contributed by atoms with Crippen molar-refractivity contribution in [1.29, 1.82) is 5.26 Å². The maximum absolute atomic E-state index is 12.5. The maximum Gasteiger partial charge on any atom is 0.358 e. The molecule has 0 fully saturated rings. The van der Waals surface area contributed by atoms with E-state index in [0.29, 0.717) is 37.9 Å². The first-order chi connectivity index (χ1) is 19.5. The zero-order valence-electron chi connectivity index (χ0n) is 21.1. The molecule has 0 saturated heterocycles. The van der Waals surface area contributed by atoms with Gasteiger partial charge in [0, 0.05) is 5.56 Å². The van der Waals surface area contributed by atoms with Crippen LogP contribution >= 0.6 is 23.6 Å². The molecule has 0 amide bonds. The third-order valence-electron chi connectivity index (χ3n) is 5.67. The predicted molar refractivity (Wildman–Crippen MR) is 161 cm³/mol. The first-order valence-electron chi connectivity index (χ1n) is 12.0. The third-order valence-corrected chi connectivity index (χ3v) is 6.90. The van der Waals surface area contributed by atoms with Crippen LogP contribution in [0.1, 0.15) is 16.1 Å². The van der Waals surface area contributed by atoms with Crippen LogP contribution in [-0.2, 0) is 4.74 Å². The molecule has 3 aromatic carbocycles. The highest BCUT2D eigenvalue weighted by Gasteiger charge is 2.21. The number of methoxy groups -OCH3 is 1. The number of hydrogen-bond acceptors (Lipinski definition) is 9. The standard InChI is InChI=1S/C29H21N7O2S2/c1-38-27(37)25-26(20-13-11-18(17-30)12-14-20)40-29(34-25)32-23-10-6-5-9-22(23)31-28(39)33-24-16-15-21(35-36-24)19-7-3-2-4-8-19/h2-16H,1H3,(H,32,34)(H2,31,33,36,39). The normalized spacial score (nSPS) is 10.3. The summed E-state index contributed by atoms with van der Waals surface area (Å²) in [6.07, 6.45) is 0. The van der Waals surface area contributed by atoms with Crippen molar-refractivity contribution < 1.29 is 9.53 Å². The van der Waals surface area contributed by atoms with E-state index >= 15 is 0 Å². The van der Waals surface area contributed by atoms with Crippen molar-refractivity contribution in [3.05, 3.63) is 102 Å². The molecule has 0 atom stereocenters. The number of nitrogens with zero attached hydrogens (tertiary/aromatic N) is 4. The highest BCUT2D eigenvalue weighted by molar-refractivity contribution is 7.80. The number of rotatable bonds is 7. The zero-order valence-corrected chi connectivity index (χ0v) is 22.7. The van der Waals surface area contributed by atoms with Crippen LogP contribution in [0.25, 0.3) is 21.7 Å². The molecule has 0 bridgehead atoms. The number of carbonyl (C=O) groups excluding carboxylic acids is 1. The molecule has 0 aliphatic rings. The quantitative estimate of drug-likeness (QED) is 0.150. The fraction of sp³-hybridized carbons (Fsp3) is 0.0345. The average Bonchev–Trinajstić information content (AvgIpc) is 3.42. The molecule has 0 radical (unpaired) electrons. The van der Waals surface area contributed by atoms with Crippen molar-refractivity contribution in [2.24, 2.45) is 0 Å². The molecule has 0 aliphatic heterocycles. The lowest BCUT2D eigenvalue weighted by molar-refractivity contribution is 0.0596. The number of anilines is 4. The van der Waals surface area contributed by atoms with E-state index < -0.39 is 5.97 Å². The van der Waals surface area contributed by atoms with E-state index in [2.05, 4.69) is 37.2 Å². The minimum Gasteiger partial charge on any atom is -0.464 e. The van der Waals surface area contributed by atoms with E-state index in [1.54, 1.807) is 24.3 Å². The molecule has 3 N–H and O–H groups in total. The molecule has 0 unspecified atom stereocenters. The van der Waals surface area contributed by atoms with Crippen molar-refractivity contribution in [1.82, 2.24) is 15.2 Å². The molecule has 11 heteroatoms. The number of thiocarbonyl (C=S) groups is 1. The fourth-order valence-electron chi connectivity index (χ4n) is 3.75. The van der Waals surface area contributed by atoms with E-state index in [4.69, 9.17) is 22.2 Å². The van der Waals surface area contributed by atoms with E-state index in [1.807, 2.05) is 66.7 Å². The molecule has 0 aliphatic carbocycles.